The number of hydrogen-bond donors (Lipinski definition) is 0. The molecule has 0 unspecified atom stereocenters. The molecule has 0 atom stereocenters. The molecule has 0 saturated heterocycles. The summed E-state index contributed by atoms with van der Waals surface area (Å²) < 4.78 is 12.9. The average molecular weight is 329 g/mol. The molecule has 2 rings (SSSR count). The molecule has 1 aromatic heterocycles. The van der Waals surface area contributed by atoms with E-state index in [2.05, 4.69) is 20.8 Å². The van der Waals surface area contributed by atoms with Crippen LogP contribution in [0.25, 0.3) is 11.1 Å². The Labute approximate surface area is 144 Å². The molecular weight excluding hydrogens is 302 g/mol. The van der Waals surface area contributed by atoms with E-state index >= 15 is 0 Å². The van der Waals surface area contributed by atoms with E-state index in [0.717, 1.165) is 39.3 Å². The van der Waals surface area contributed by atoms with E-state index in [1.807, 2.05) is 32.2 Å². The lowest BCUT2D eigenvalue weighted by molar-refractivity contribution is 0.389. The third-order valence-corrected chi connectivity index (χ3v) is 4.55. The number of pyridine rings is 1. The molecule has 0 spiro atoms. The summed E-state index contributed by atoms with van der Waals surface area (Å²) in [5, 5.41) is 0. The molecule has 4 nitrogen and oxygen atoms in total. The third kappa shape index (κ3) is 3.05. The van der Waals surface area contributed by atoms with Crippen LogP contribution >= 0.6 is 0 Å². The van der Waals surface area contributed by atoms with Gasteiger partial charge >= 0.3 is 0 Å². The molecule has 24 heavy (non-hydrogen) atoms. The fraction of sp³-hybridized carbons (Fsp3) is 0.450. The van der Waals surface area contributed by atoms with Crippen LogP contribution in [0.3, 0.4) is 0 Å². The van der Waals surface area contributed by atoms with Crippen molar-refractivity contribution in [2.24, 2.45) is 7.05 Å². The first kappa shape index (κ1) is 18.1. The second-order valence-electron chi connectivity index (χ2n) is 7.21. The standard InChI is InChI=1S/C20H27NO3/c1-12-13(2)19(22)21(6)11-15(12)14-9-18(24-8)16(20(3,4)5)10-17(14)23-7/h9-11H,1-8H3. The fourth-order valence-electron chi connectivity index (χ4n) is 2.94. The van der Waals surface area contributed by atoms with Gasteiger partial charge in [0.15, 0.2) is 0 Å². The van der Waals surface area contributed by atoms with Crippen LogP contribution in [0.1, 0.15) is 37.5 Å². The van der Waals surface area contributed by atoms with Crippen LogP contribution in [-0.2, 0) is 12.5 Å². The summed E-state index contributed by atoms with van der Waals surface area (Å²) in [6.07, 6.45) is 1.86. The Kier molecular flexibility index (Phi) is 4.79. The van der Waals surface area contributed by atoms with Gasteiger partial charge in [-0.05, 0) is 37.0 Å². The number of aryl methyl sites for hydroxylation is 1. The van der Waals surface area contributed by atoms with E-state index < -0.39 is 0 Å². The fourth-order valence-corrected chi connectivity index (χ4v) is 2.94. The Balaban J connectivity index is 2.83. The molecule has 0 saturated carbocycles. The summed E-state index contributed by atoms with van der Waals surface area (Å²) in [7, 11) is 5.12. The van der Waals surface area contributed by atoms with Crippen molar-refractivity contribution in [2.75, 3.05) is 14.2 Å². The summed E-state index contributed by atoms with van der Waals surface area (Å²) in [6, 6.07) is 4.04. The summed E-state index contributed by atoms with van der Waals surface area (Å²) >= 11 is 0. The summed E-state index contributed by atoms with van der Waals surface area (Å²) in [4.78, 5) is 12.1. The number of aromatic nitrogens is 1. The molecule has 130 valence electrons. The highest BCUT2D eigenvalue weighted by atomic mass is 16.5. The maximum atomic E-state index is 12.1. The minimum absolute atomic E-state index is 0.0218. The van der Waals surface area contributed by atoms with Crippen molar-refractivity contribution in [2.45, 2.75) is 40.0 Å². The zero-order chi connectivity index (χ0) is 18.2. The van der Waals surface area contributed by atoms with Crippen LogP contribution in [0.2, 0.25) is 0 Å². The van der Waals surface area contributed by atoms with Crippen molar-refractivity contribution in [1.29, 1.82) is 0 Å². The zero-order valence-corrected chi connectivity index (χ0v) is 15.9. The van der Waals surface area contributed by atoms with E-state index in [1.165, 1.54) is 0 Å². The van der Waals surface area contributed by atoms with E-state index in [0.29, 0.717) is 0 Å². The molecule has 1 aromatic carbocycles. The molecule has 0 aliphatic heterocycles. The third-order valence-electron chi connectivity index (χ3n) is 4.55. The van der Waals surface area contributed by atoms with Crippen LogP contribution in [0, 0.1) is 13.8 Å². The largest absolute Gasteiger partial charge is 0.496 e. The lowest BCUT2D eigenvalue weighted by Crippen LogP contribution is -2.20. The normalized spacial score (nSPS) is 11.5. The molecule has 0 N–H and O–H groups in total. The smallest absolute Gasteiger partial charge is 0.253 e. The minimum atomic E-state index is -0.0638. The minimum Gasteiger partial charge on any atom is -0.496 e. The van der Waals surface area contributed by atoms with Crippen molar-refractivity contribution in [1.82, 2.24) is 4.57 Å². The maximum Gasteiger partial charge on any atom is 0.253 e. The number of hydrogen-bond acceptors (Lipinski definition) is 3. The molecule has 0 amide bonds. The average Bonchev–Trinajstić information content (AvgIpc) is 2.54. The predicted molar refractivity (Wildman–Crippen MR) is 98.4 cm³/mol. The molecule has 0 radical (unpaired) electrons. The zero-order valence-electron chi connectivity index (χ0n) is 15.9. The number of rotatable bonds is 3. The molecule has 0 aliphatic carbocycles. The number of methoxy groups -OCH3 is 2. The summed E-state index contributed by atoms with van der Waals surface area (Å²) in [6.45, 7) is 10.3. The van der Waals surface area contributed by atoms with Crippen molar-refractivity contribution >= 4 is 0 Å². The first-order valence-electron chi connectivity index (χ1n) is 8.05. The van der Waals surface area contributed by atoms with Crippen LogP contribution in [0.4, 0.5) is 0 Å². The van der Waals surface area contributed by atoms with Crippen molar-refractivity contribution in [3.8, 4) is 22.6 Å². The van der Waals surface area contributed by atoms with Gasteiger partial charge in [-0.1, -0.05) is 20.8 Å². The van der Waals surface area contributed by atoms with Gasteiger partial charge in [0.2, 0.25) is 0 Å². The summed E-state index contributed by atoms with van der Waals surface area (Å²) in [5.74, 6) is 1.60. The Morgan fingerprint density at radius 2 is 1.50 bits per heavy atom. The van der Waals surface area contributed by atoms with Gasteiger partial charge in [0, 0.05) is 35.5 Å². The first-order chi connectivity index (χ1) is 11.1. The van der Waals surface area contributed by atoms with Crippen LogP contribution in [0.15, 0.2) is 23.1 Å². The first-order valence-corrected chi connectivity index (χ1v) is 8.05. The van der Waals surface area contributed by atoms with E-state index in [1.54, 1.807) is 25.8 Å². The lowest BCUT2D eigenvalue weighted by Gasteiger charge is -2.24. The second kappa shape index (κ2) is 6.34. The molecule has 0 fully saturated rings. The van der Waals surface area contributed by atoms with Gasteiger partial charge in [-0.3, -0.25) is 4.79 Å². The Morgan fingerprint density at radius 1 is 0.917 bits per heavy atom. The van der Waals surface area contributed by atoms with Crippen LogP contribution in [0.5, 0.6) is 11.5 Å². The summed E-state index contributed by atoms with van der Waals surface area (Å²) in [5.41, 5.74) is 4.66. The SMILES string of the molecule is COc1cc(C(C)(C)C)c(OC)cc1-c1cn(C)c(=O)c(C)c1C. The quantitative estimate of drug-likeness (QED) is 0.855. The van der Waals surface area contributed by atoms with Crippen molar-refractivity contribution in [3.63, 3.8) is 0 Å². The van der Waals surface area contributed by atoms with Gasteiger partial charge in [0.1, 0.15) is 11.5 Å². The molecule has 2 aromatic rings. The van der Waals surface area contributed by atoms with Gasteiger partial charge in [0.05, 0.1) is 14.2 Å². The molecule has 0 aliphatic rings. The van der Waals surface area contributed by atoms with Crippen LogP contribution in [-0.4, -0.2) is 18.8 Å². The molecule has 1 heterocycles. The topological polar surface area (TPSA) is 40.5 Å². The monoisotopic (exact) mass is 329 g/mol. The maximum absolute atomic E-state index is 12.1. The number of benzene rings is 1. The van der Waals surface area contributed by atoms with Gasteiger partial charge in [-0.25, -0.2) is 0 Å². The van der Waals surface area contributed by atoms with Gasteiger partial charge in [-0.2, -0.15) is 0 Å². The Hall–Kier alpha value is -2.23. The lowest BCUT2D eigenvalue weighted by atomic mass is 9.84. The van der Waals surface area contributed by atoms with Gasteiger partial charge in [0.25, 0.3) is 5.56 Å². The highest BCUT2D eigenvalue weighted by Crippen LogP contribution is 2.41. The second-order valence-corrected chi connectivity index (χ2v) is 7.21. The van der Waals surface area contributed by atoms with Crippen LogP contribution < -0.4 is 15.0 Å². The highest BCUT2D eigenvalue weighted by Gasteiger charge is 2.23. The van der Waals surface area contributed by atoms with Crippen molar-refractivity contribution < 1.29 is 9.47 Å². The highest BCUT2D eigenvalue weighted by molar-refractivity contribution is 5.76. The van der Waals surface area contributed by atoms with E-state index in [4.69, 9.17) is 9.47 Å². The van der Waals surface area contributed by atoms with Crippen molar-refractivity contribution in [3.05, 3.63) is 45.4 Å². The van der Waals surface area contributed by atoms with E-state index in [-0.39, 0.29) is 11.0 Å². The number of nitrogens with zero attached hydrogens (tertiary/aromatic N) is 1. The van der Waals surface area contributed by atoms with Gasteiger partial charge in [-0.15, -0.1) is 0 Å². The van der Waals surface area contributed by atoms with Gasteiger partial charge < -0.3 is 14.0 Å². The Bertz CT molecular complexity index is 826. The predicted octanol–water partition coefficient (Wildman–Crippen LogP) is 3.98. The molecule has 4 heteroatoms. The molecular formula is C20H27NO3. The van der Waals surface area contributed by atoms with E-state index in [9.17, 15) is 4.79 Å². The molecule has 0 bridgehead atoms. The number of ether oxygens (including phenoxy) is 2. The Morgan fingerprint density at radius 3 is 2.00 bits per heavy atom.